The van der Waals surface area contributed by atoms with Gasteiger partial charge in [-0.25, -0.2) is 0 Å². The zero-order valence-corrected chi connectivity index (χ0v) is 16.6. The van der Waals surface area contributed by atoms with Crippen molar-refractivity contribution in [2.75, 3.05) is 0 Å². The van der Waals surface area contributed by atoms with Crippen molar-refractivity contribution in [1.29, 1.82) is 0 Å². The molecule has 0 aromatic heterocycles. The molecule has 0 N–H and O–H groups in total. The first-order valence-electron chi connectivity index (χ1n) is 5.27. The zero-order valence-electron chi connectivity index (χ0n) is 8.95. The van der Waals surface area contributed by atoms with Crippen LogP contribution in [0.4, 0.5) is 0 Å². The number of rotatable bonds is 7. The third-order valence-electron chi connectivity index (χ3n) is 2.07. The van der Waals surface area contributed by atoms with Crippen molar-refractivity contribution in [2.24, 2.45) is 0 Å². The molecule has 14 heavy (non-hydrogen) atoms. The molecule has 0 aliphatic carbocycles. The van der Waals surface area contributed by atoms with Crippen LogP contribution in [0.25, 0.3) is 0 Å². The summed E-state index contributed by atoms with van der Waals surface area (Å²) in [5.41, 5.74) is 1.63. The summed E-state index contributed by atoms with van der Waals surface area (Å²) in [6.07, 6.45) is 7.78. The van der Waals surface area contributed by atoms with E-state index in [0.29, 0.717) is 0 Å². The average molecular weight is 498 g/mol. The van der Waals surface area contributed by atoms with Crippen LogP contribution in [0, 0.1) is 0 Å². The predicted octanol–water partition coefficient (Wildman–Crippen LogP) is 5.96. The first kappa shape index (κ1) is 16.0. The van der Waals surface area contributed by atoms with E-state index in [9.17, 15) is 0 Å². The normalized spacial score (nSPS) is 11.5. The van der Waals surface area contributed by atoms with Crippen LogP contribution in [0.15, 0.2) is 9.67 Å². The summed E-state index contributed by atoms with van der Waals surface area (Å²) in [7, 11) is 0. The molecule has 0 aliphatic rings. The quantitative estimate of drug-likeness (QED) is 0.381. The van der Waals surface area contributed by atoms with E-state index in [0.717, 1.165) is 0 Å². The van der Waals surface area contributed by atoms with Gasteiger partial charge in [-0.2, -0.15) is 0 Å². The summed E-state index contributed by atoms with van der Waals surface area (Å²) in [5.74, 6) is 0. The van der Waals surface area contributed by atoms with Crippen molar-refractivity contribution in [3.63, 3.8) is 0 Å². The van der Waals surface area contributed by atoms with Gasteiger partial charge in [-0.15, -0.1) is 0 Å². The van der Waals surface area contributed by atoms with Crippen LogP contribution in [0.1, 0.15) is 52.4 Å². The van der Waals surface area contributed by atoms with E-state index in [2.05, 4.69) is 56.1 Å². The molecule has 0 nitrogen and oxygen atoms in total. The number of halogens is 3. The van der Waals surface area contributed by atoms with Crippen LogP contribution in [0.5, 0.6) is 0 Å². The molecule has 0 bridgehead atoms. The van der Waals surface area contributed by atoms with E-state index in [1.807, 2.05) is 0 Å². The summed E-state index contributed by atoms with van der Waals surface area (Å²) in [6.45, 7) is 4.51. The first-order valence-corrected chi connectivity index (χ1v) is 26.1. The van der Waals surface area contributed by atoms with Crippen molar-refractivity contribution in [2.45, 2.75) is 52.4 Å². The van der Waals surface area contributed by atoms with Gasteiger partial charge in [0.05, 0.1) is 0 Å². The van der Waals surface area contributed by atoms with Gasteiger partial charge in [0, 0.05) is 0 Å². The molecule has 0 rings (SSSR count). The number of unbranched alkanes of at least 4 members (excludes halogenated alkanes) is 2. The van der Waals surface area contributed by atoms with Gasteiger partial charge in [0.15, 0.2) is 0 Å². The van der Waals surface area contributed by atoms with Crippen LogP contribution in [-0.2, 0) is 0 Å². The van der Waals surface area contributed by atoms with Crippen molar-refractivity contribution in [1.82, 2.24) is 0 Å². The summed E-state index contributed by atoms with van der Waals surface area (Å²) in [6, 6.07) is 0. The van der Waals surface area contributed by atoms with Crippen molar-refractivity contribution < 1.29 is 0 Å². The van der Waals surface area contributed by atoms with Gasteiger partial charge >= 0.3 is 112 Å². The second-order valence-electron chi connectivity index (χ2n) is 3.55. The third kappa shape index (κ3) is 10.5. The van der Waals surface area contributed by atoms with Crippen LogP contribution in [-0.4, -0.2) is 11.7 Å². The minimum atomic E-state index is -2.23. The van der Waals surface area contributed by atoms with E-state index in [-0.39, 0.29) is 0 Å². The molecule has 84 valence electrons. The molecule has 0 amide bonds. The van der Waals surface area contributed by atoms with E-state index in [4.69, 9.17) is 0 Å². The molecule has 0 saturated carbocycles. The predicted molar refractivity (Wildman–Crippen MR) is 79.7 cm³/mol. The fraction of sp³-hybridized carbons (Fsp3) is 0.800. The van der Waals surface area contributed by atoms with E-state index in [1.165, 1.54) is 38.5 Å². The molecule has 0 fully saturated rings. The van der Waals surface area contributed by atoms with Gasteiger partial charge in [0.25, 0.3) is 0 Å². The molecule has 0 aromatic carbocycles. The van der Waals surface area contributed by atoms with Crippen LogP contribution in [0.3, 0.4) is 0 Å². The van der Waals surface area contributed by atoms with Gasteiger partial charge in [-0.05, 0) is 0 Å². The molecule has 0 atom stereocenters. The summed E-state index contributed by atoms with van der Waals surface area (Å²) in [4.78, 5) is 0. The van der Waals surface area contributed by atoms with Gasteiger partial charge in [-0.1, -0.05) is 0 Å². The first-order chi connectivity index (χ1) is 6.49. The van der Waals surface area contributed by atoms with Gasteiger partial charge < -0.3 is 0 Å². The maximum atomic E-state index is 3.73. The molecule has 0 saturated heterocycles. The second-order valence-corrected chi connectivity index (χ2v) is 54.1. The average Bonchev–Trinajstić information content (AvgIpc) is 2.07. The Morgan fingerprint density at radius 3 is 1.71 bits per heavy atom. The van der Waals surface area contributed by atoms with Gasteiger partial charge in [0.1, 0.15) is 0 Å². The summed E-state index contributed by atoms with van der Waals surface area (Å²) >= 11 is 8.96. The Balaban J connectivity index is 4.15. The number of hydrogen-bond acceptors (Lipinski definition) is 0. The number of hydrogen-bond donors (Lipinski definition) is 0. The standard InChI is InChI=1S/C10H19.3BrH.Sn/c1-4-6-8-10(3)9-7-5-2;;;;/h3H,4-9H2,1-2H3;3*1H;/q;;;;+3/p-3. The Morgan fingerprint density at radius 2 is 1.43 bits per heavy atom. The molecule has 0 heterocycles. The van der Waals surface area contributed by atoms with Crippen LogP contribution in [0.2, 0.25) is 0 Å². The number of allylic oxidation sites excluding steroid dienone is 1. The van der Waals surface area contributed by atoms with Crippen LogP contribution >= 0.6 is 38.1 Å². The van der Waals surface area contributed by atoms with Crippen molar-refractivity contribution in [3.8, 4) is 0 Å². The Kier molecular flexibility index (Phi) is 10.3. The van der Waals surface area contributed by atoms with E-state index < -0.39 is 11.7 Å². The second kappa shape index (κ2) is 9.06. The zero-order chi connectivity index (χ0) is 11.0. The molecule has 4 heteroatoms. The Bertz CT molecular complexity index is 163. The molecule has 0 aromatic rings. The van der Waals surface area contributed by atoms with Crippen molar-refractivity contribution in [3.05, 3.63) is 9.67 Å². The molecule has 0 unspecified atom stereocenters. The molecule has 0 spiro atoms. The van der Waals surface area contributed by atoms with Crippen LogP contribution < -0.4 is 0 Å². The topological polar surface area (TPSA) is 0 Å². The SMILES string of the molecule is CCCCC(=[CH][Sn]([Br])([Br])[Br])CCCC. The third-order valence-corrected chi connectivity index (χ3v) is 8.78. The monoisotopic (exact) mass is 496 g/mol. The fourth-order valence-electron chi connectivity index (χ4n) is 1.31. The molecule has 0 radical (unpaired) electrons. The van der Waals surface area contributed by atoms with E-state index in [1.54, 1.807) is 5.57 Å². The van der Waals surface area contributed by atoms with Gasteiger partial charge in [0.2, 0.25) is 0 Å². The summed E-state index contributed by atoms with van der Waals surface area (Å²) < 4.78 is 2.44. The molecular weight excluding hydrogens is 479 g/mol. The maximum absolute atomic E-state index is 3.73. The Morgan fingerprint density at radius 1 is 1.00 bits per heavy atom. The minimum absolute atomic E-state index is 1.28. The summed E-state index contributed by atoms with van der Waals surface area (Å²) in [5, 5.41) is 0. The van der Waals surface area contributed by atoms with Crippen molar-refractivity contribution >= 4 is 49.8 Å². The van der Waals surface area contributed by atoms with Gasteiger partial charge in [-0.3, -0.25) is 0 Å². The van der Waals surface area contributed by atoms with E-state index >= 15 is 0 Å². The Labute approximate surface area is 110 Å². The fourth-order valence-corrected chi connectivity index (χ4v) is 9.97. The molecule has 0 aliphatic heterocycles. The molecular formula is C10H19Br3Sn. The Hall–Kier alpha value is 1.98.